The van der Waals surface area contributed by atoms with Crippen LogP contribution in [-0.4, -0.2) is 47.9 Å². The maximum absolute atomic E-state index is 12.5. The molecule has 0 radical (unpaired) electrons. The van der Waals surface area contributed by atoms with Crippen LogP contribution in [-0.2, 0) is 4.79 Å². The van der Waals surface area contributed by atoms with Crippen LogP contribution < -0.4 is 5.32 Å². The number of urea groups is 1. The first-order valence-corrected chi connectivity index (χ1v) is 10.3. The molecule has 0 saturated carbocycles. The van der Waals surface area contributed by atoms with E-state index in [9.17, 15) is 9.59 Å². The van der Waals surface area contributed by atoms with Crippen LogP contribution in [0.25, 0.3) is 0 Å². The molecule has 5 heteroatoms. The molecule has 0 aromatic heterocycles. The molecule has 2 aliphatic heterocycles. The van der Waals surface area contributed by atoms with E-state index in [1.807, 2.05) is 9.80 Å². The van der Waals surface area contributed by atoms with E-state index in [1.54, 1.807) is 0 Å². The Morgan fingerprint density at radius 1 is 1.00 bits per heavy atom. The van der Waals surface area contributed by atoms with Crippen LogP contribution in [0.1, 0.15) is 70.6 Å². The number of hydrogen-bond acceptors (Lipinski definition) is 2. The molecule has 3 rings (SSSR count). The fourth-order valence-electron chi connectivity index (χ4n) is 4.40. The molecule has 0 spiro atoms. The van der Waals surface area contributed by atoms with E-state index in [0.717, 1.165) is 51.7 Å². The zero-order valence-corrected chi connectivity index (χ0v) is 15.5. The lowest BCUT2D eigenvalue weighted by atomic mass is 9.85. The molecule has 1 atom stereocenters. The molecule has 25 heavy (non-hydrogen) atoms. The molecular formula is C20H33N3O2. The van der Waals surface area contributed by atoms with Gasteiger partial charge in [-0.1, -0.05) is 18.9 Å². The topological polar surface area (TPSA) is 52.7 Å². The van der Waals surface area contributed by atoms with Gasteiger partial charge in [-0.15, -0.1) is 0 Å². The molecule has 3 amide bonds. The predicted molar refractivity (Wildman–Crippen MR) is 99.0 cm³/mol. The number of piperidine rings is 1. The van der Waals surface area contributed by atoms with Crippen molar-refractivity contribution in [1.29, 1.82) is 0 Å². The van der Waals surface area contributed by atoms with Crippen LogP contribution in [0.15, 0.2) is 11.8 Å². The number of allylic oxidation sites excluding steroid dienone is 2. The summed E-state index contributed by atoms with van der Waals surface area (Å²) in [7, 11) is 0. The highest BCUT2D eigenvalue weighted by Gasteiger charge is 2.30. The second kappa shape index (κ2) is 9.25. The Labute approximate surface area is 151 Å². The predicted octanol–water partition coefficient (Wildman–Crippen LogP) is 3.66. The molecule has 0 bridgehead atoms. The van der Waals surface area contributed by atoms with E-state index in [0.29, 0.717) is 18.9 Å². The third-order valence-corrected chi connectivity index (χ3v) is 5.82. The van der Waals surface area contributed by atoms with Crippen LogP contribution in [0.5, 0.6) is 0 Å². The standard InChI is InChI=1S/C20H33N3O2/c24-19(22-14-5-1-2-6-15-22)12-7-13-21-20(25)23-16-8-10-17-9-3-4-11-18(17)23/h11,17H,1-10,12-16H2,(H,21,25). The van der Waals surface area contributed by atoms with Gasteiger partial charge in [0, 0.05) is 38.3 Å². The second-order valence-electron chi connectivity index (χ2n) is 7.68. The maximum atomic E-state index is 12.5. The highest BCUT2D eigenvalue weighted by atomic mass is 16.2. The second-order valence-corrected chi connectivity index (χ2v) is 7.68. The number of fused-ring (bicyclic) bond motifs is 1. The molecular weight excluding hydrogens is 314 g/mol. The molecule has 3 aliphatic rings. The molecule has 1 N–H and O–H groups in total. The van der Waals surface area contributed by atoms with Gasteiger partial charge in [-0.3, -0.25) is 9.69 Å². The molecule has 1 unspecified atom stereocenters. The number of likely N-dealkylation sites (tertiary alicyclic amines) is 2. The van der Waals surface area contributed by atoms with Gasteiger partial charge in [0.2, 0.25) is 5.91 Å². The highest BCUT2D eigenvalue weighted by molar-refractivity contribution is 5.77. The number of rotatable bonds is 4. The monoisotopic (exact) mass is 347 g/mol. The number of hydrogen-bond donors (Lipinski definition) is 1. The number of amides is 3. The summed E-state index contributed by atoms with van der Waals surface area (Å²) in [6, 6.07) is 0.0278. The van der Waals surface area contributed by atoms with Crippen molar-refractivity contribution in [1.82, 2.24) is 15.1 Å². The van der Waals surface area contributed by atoms with E-state index >= 15 is 0 Å². The molecule has 2 saturated heterocycles. The molecule has 1 aliphatic carbocycles. The maximum Gasteiger partial charge on any atom is 0.321 e. The normalized spacial score (nSPS) is 24.2. The van der Waals surface area contributed by atoms with Gasteiger partial charge in [-0.2, -0.15) is 0 Å². The Morgan fingerprint density at radius 3 is 2.56 bits per heavy atom. The number of nitrogens with zero attached hydrogens (tertiary/aromatic N) is 2. The molecule has 0 aromatic rings. The Hall–Kier alpha value is -1.52. The van der Waals surface area contributed by atoms with Gasteiger partial charge >= 0.3 is 6.03 Å². The van der Waals surface area contributed by atoms with Crippen molar-refractivity contribution in [3.8, 4) is 0 Å². The van der Waals surface area contributed by atoms with E-state index in [4.69, 9.17) is 0 Å². The lowest BCUT2D eigenvalue weighted by Crippen LogP contribution is -2.45. The van der Waals surface area contributed by atoms with Crippen molar-refractivity contribution >= 4 is 11.9 Å². The molecule has 2 heterocycles. The van der Waals surface area contributed by atoms with Crippen LogP contribution in [0.3, 0.4) is 0 Å². The quantitative estimate of drug-likeness (QED) is 0.789. The molecule has 0 aromatic carbocycles. The van der Waals surface area contributed by atoms with Crippen LogP contribution in [0, 0.1) is 5.92 Å². The van der Waals surface area contributed by atoms with Crippen molar-refractivity contribution in [2.75, 3.05) is 26.2 Å². The largest absolute Gasteiger partial charge is 0.343 e. The van der Waals surface area contributed by atoms with E-state index in [2.05, 4.69) is 11.4 Å². The Kier molecular flexibility index (Phi) is 6.76. The van der Waals surface area contributed by atoms with Crippen molar-refractivity contribution in [2.45, 2.75) is 70.6 Å². The fourth-order valence-corrected chi connectivity index (χ4v) is 4.40. The van der Waals surface area contributed by atoms with Gasteiger partial charge in [0.05, 0.1) is 0 Å². The van der Waals surface area contributed by atoms with Crippen molar-refractivity contribution in [3.05, 3.63) is 11.8 Å². The summed E-state index contributed by atoms with van der Waals surface area (Å²) in [6.07, 6.45) is 14.2. The first-order chi connectivity index (χ1) is 12.3. The average molecular weight is 348 g/mol. The SMILES string of the molecule is O=C(CCCNC(=O)N1CCCC2CCCC=C21)N1CCCCCC1. The van der Waals surface area contributed by atoms with Gasteiger partial charge in [0.1, 0.15) is 0 Å². The van der Waals surface area contributed by atoms with Gasteiger partial charge in [0.15, 0.2) is 0 Å². The first-order valence-electron chi connectivity index (χ1n) is 10.3. The zero-order valence-electron chi connectivity index (χ0n) is 15.5. The number of carbonyl (C=O) groups is 2. The van der Waals surface area contributed by atoms with Crippen LogP contribution in [0.4, 0.5) is 4.79 Å². The summed E-state index contributed by atoms with van der Waals surface area (Å²) in [5.74, 6) is 0.835. The van der Waals surface area contributed by atoms with Crippen LogP contribution in [0.2, 0.25) is 0 Å². The Balaban J connectivity index is 1.39. The highest BCUT2D eigenvalue weighted by Crippen LogP contribution is 2.34. The van der Waals surface area contributed by atoms with Gasteiger partial charge < -0.3 is 10.2 Å². The lowest BCUT2D eigenvalue weighted by molar-refractivity contribution is -0.131. The summed E-state index contributed by atoms with van der Waals surface area (Å²) in [5, 5.41) is 3.03. The summed E-state index contributed by atoms with van der Waals surface area (Å²) < 4.78 is 0. The smallest absolute Gasteiger partial charge is 0.321 e. The Morgan fingerprint density at radius 2 is 1.76 bits per heavy atom. The van der Waals surface area contributed by atoms with E-state index < -0.39 is 0 Å². The van der Waals surface area contributed by atoms with E-state index in [1.165, 1.54) is 37.8 Å². The summed E-state index contributed by atoms with van der Waals surface area (Å²) in [6.45, 7) is 3.25. The average Bonchev–Trinajstić information content (AvgIpc) is 2.94. The van der Waals surface area contributed by atoms with Gasteiger partial charge in [-0.25, -0.2) is 4.79 Å². The minimum atomic E-state index is 0.0278. The molecule has 140 valence electrons. The lowest BCUT2D eigenvalue weighted by Gasteiger charge is -2.37. The van der Waals surface area contributed by atoms with Gasteiger partial charge in [0.25, 0.3) is 0 Å². The Bertz CT molecular complexity index is 495. The van der Waals surface area contributed by atoms with Crippen molar-refractivity contribution < 1.29 is 9.59 Å². The summed E-state index contributed by atoms with van der Waals surface area (Å²) in [5.41, 5.74) is 1.25. The van der Waals surface area contributed by atoms with Crippen LogP contribution >= 0.6 is 0 Å². The fraction of sp³-hybridized carbons (Fsp3) is 0.800. The summed E-state index contributed by atoms with van der Waals surface area (Å²) >= 11 is 0. The molecule has 5 nitrogen and oxygen atoms in total. The minimum absolute atomic E-state index is 0.0278. The molecule has 2 fully saturated rings. The summed E-state index contributed by atoms with van der Waals surface area (Å²) in [4.78, 5) is 28.8. The number of nitrogens with one attached hydrogen (secondary N) is 1. The van der Waals surface area contributed by atoms with Gasteiger partial charge in [-0.05, 0) is 57.3 Å². The van der Waals surface area contributed by atoms with E-state index in [-0.39, 0.29) is 11.9 Å². The number of carbonyl (C=O) groups excluding carboxylic acids is 2. The van der Waals surface area contributed by atoms with Crippen molar-refractivity contribution in [2.24, 2.45) is 5.92 Å². The zero-order chi connectivity index (χ0) is 17.5. The van der Waals surface area contributed by atoms with Crippen molar-refractivity contribution in [3.63, 3.8) is 0 Å². The third-order valence-electron chi connectivity index (χ3n) is 5.82. The minimum Gasteiger partial charge on any atom is -0.343 e. The first kappa shape index (κ1) is 18.3. The third kappa shape index (κ3) is 4.99.